The van der Waals surface area contributed by atoms with Crippen LogP contribution in [0, 0.1) is 6.92 Å². The molecule has 0 radical (unpaired) electrons. The van der Waals surface area contributed by atoms with Crippen LogP contribution in [0.5, 0.6) is 5.75 Å². The van der Waals surface area contributed by atoms with Crippen molar-refractivity contribution in [1.29, 1.82) is 0 Å². The molecule has 0 fully saturated rings. The van der Waals surface area contributed by atoms with E-state index in [0.29, 0.717) is 11.1 Å². The van der Waals surface area contributed by atoms with Crippen LogP contribution < -0.4 is 0 Å². The lowest BCUT2D eigenvalue weighted by atomic mass is 10.1. The number of nitrogens with zero attached hydrogens (tertiary/aromatic N) is 1. The molecule has 3 nitrogen and oxygen atoms in total. The summed E-state index contributed by atoms with van der Waals surface area (Å²) in [6.07, 6.45) is 1.52. The number of rotatable bonds is 4. The second-order valence-corrected chi connectivity index (χ2v) is 4.32. The summed E-state index contributed by atoms with van der Waals surface area (Å²) in [4.78, 5) is 15.9. The molecule has 0 unspecified atom stereocenters. The second kappa shape index (κ2) is 5.96. The lowest BCUT2D eigenvalue weighted by Crippen LogP contribution is -2.03. The van der Waals surface area contributed by atoms with E-state index in [1.54, 1.807) is 24.3 Å². The fraction of sp³-hybridized carbons (Fsp3) is 0.125. The number of benzene rings is 2. The molecule has 0 heterocycles. The van der Waals surface area contributed by atoms with Gasteiger partial charge < -0.3 is 5.11 Å². The Kier molecular flexibility index (Phi) is 4.08. The molecule has 2 aromatic carbocycles. The summed E-state index contributed by atoms with van der Waals surface area (Å²) in [5, 5.41) is 9.70. The molecule has 0 saturated carbocycles. The fourth-order valence-corrected chi connectivity index (χ4v) is 1.71. The predicted octanol–water partition coefficient (Wildman–Crippen LogP) is 3.00. The molecule has 0 bridgehead atoms. The smallest absolute Gasteiger partial charge is 0.184 e. The molecule has 96 valence electrons. The van der Waals surface area contributed by atoms with E-state index in [0.717, 1.165) is 5.56 Å². The monoisotopic (exact) mass is 253 g/mol. The minimum absolute atomic E-state index is 0.0385. The minimum Gasteiger partial charge on any atom is -0.507 e. The summed E-state index contributed by atoms with van der Waals surface area (Å²) in [6.45, 7) is 1.98. The van der Waals surface area contributed by atoms with Crippen LogP contribution in [0.4, 0.5) is 0 Å². The molecule has 2 rings (SSSR count). The van der Waals surface area contributed by atoms with Gasteiger partial charge in [-0.2, -0.15) is 0 Å². The molecule has 0 amide bonds. The van der Waals surface area contributed by atoms with E-state index in [2.05, 4.69) is 4.99 Å². The van der Waals surface area contributed by atoms with E-state index in [1.165, 1.54) is 6.21 Å². The van der Waals surface area contributed by atoms with Crippen LogP contribution in [0.3, 0.4) is 0 Å². The van der Waals surface area contributed by atoms with Crippen molar-refractivity contribution in [2.75, 3.05) is 6.54 Å². The first-order valence-corrected chi connectivity index (χ1v) is 6.04. The number of aryl methyl sites for hydroxylation is 1. The Labute approximate surface area is 112 Å². The van der Waals surface area contributed by atoms with Gasteiger partial charge >= 0.3 is 0 Å². The minimum atomic E-state index is -0.0385. The third-order valence-electron chi connectivity index (χ3n) is 2.75. The van der Waals surface area contributed by atoms with Crippen molar-refractivity contribution in [2.24, 2.45) is 4.99 Å². The van der Waals surface area contributed by atoms with Crippen LogP contribution >= 0.6 is 0 Å². The van der Waals surface area contributed by atoms with Crippen LogP contribution in [0.15, 0.2) is 53.5 Å². The van der Waals surface area contributed by atoms with Crippen molar-refractivity contribution in [3.05, 3.63) is 65.2 Å². The third-order valence-corrected chi connectivity index (χ3v) is 2.75. The lowest BCUT2D eigenvalue weighted by molar-refractivity contribution is 0.100. The maximum Gasteiger partial charge on any atom is 0.184 e. The zero-order valence-corrected chi connectivity index (χ0v) is 10.7. The van der Waals surface area contributed by atoms with Gasteiger partial charge in [-0.15, -0.1) is 0 Å². The molecule has 0 spiro atoms. The zero-order valence-electron chi connectivity index (χ0n) is 10.7. The van der Waals surface area contributed by atoms with E-state index in [1.807, 2.05) is 31.2 Å². The van der Waals surface area contributed by atoms with Crippen LogP contribution in [0.1, 0.15) is 21.5 Å². The molecule has 0 aromatic heterocycles. The van der Waals surface area contributed by atoms with Crippen molar-refractivity contribution in [3.63, 3.8) is 0 Å². The molecule has 19 heavy (non-hydrogen) atoms. The van der Waals surface area contributed by atoms with Crippen molar-refractivity contribution < 1.29 is 9.90 Å². The first kappa shape index (κ1) is 13.0. The van der Waals surface area contributed by atoms with Crippen molar-refractivity contribution >= 4 is 12.0 Å². The molecule has 0 atom stereocenters. The van der Waals surface area contributed by atoms with Gasteiger partial charge in [0.2, 0.25) is 0 Å². The van der Waals surface area contributed by atoms with Gasteiger partial charge in [-0.05, 0) is 24.6 Å². The van der Waals surface area contributed by atoms with Gasteiger partial charge in [-0.25, -0.2) is 0 Å². The highest BCUT2D eigenvalue weighted by molar-refractivity contribution is 5.98. The van der Waals surface area contributed by atoms with Crippen molar-refractivity contribution in [2.45, 2.75) is 6.92 Å². The summed E-state index contributed by atoms with van der Waals surface area (Å²) in [5.74, 6) is 0.138. The number of ketones is 1. The number of phenols is 1. The molecule has 3 heteroatoms. The zero-order chi connectivity index (χ0) is 13.7. The summed E-state index contributed by atoms with van der Waals surface area (Å²) >= 11 is 0. The molecular weight excluding hydrogens is 238 g/mol. The van der Waals surface area contributed by atoms with Crippen LogP contribution in [-0.2, 0) is 0 Å². The Morgan fingerprint density at radius 2 is 1.95 bits per heavy atom. The number of aliphatic imine (C=N–C) groups is 1. The molecule has 0 aliphatic carbocycles. The number of aromatic hydroxyl groups is 1. The fourth-order valence-electron chi connectivity index (χ4n) is 1.71. The highest BCUT2D eigenvalue weighted by Crippen LogP contribution is 2.16. The van der Waals surface area contributed by atoms with Gasteiger partial charge in [0.15, 0.2) is 5.78 Å². The number of carbonyl (C=O) groups excluding carboxylic acids is 1. The second-order valence-electron chi connectivity index (χ2n) is 4.32. The lowest BCUT2D eigenvalue weighted by Gasteiger charge is -2.00. The van der Waals surface area contributed by atoms with Gasteiger partial charge in [0.25, 0.3) is 0 Å². The Morgan fingerprint density at radius 1 is 1.21 bits per heavy atom. The Morgan fingerprint density at radius 3 is 2.63 bits per heavy atom. The van der Waals surface area contributed by atoms with Gasteiger partial charge in [0.1, 0.15) is 12.3 Å². The highest BCUT2D eigenvalue weighted by atomic mass is 16.3. The SMILES string of the molecule is Cc1ccc(C=NCC(=O)c2ccccc2)c(O)c1. The predicted molar refractivity (Wildman–Crippen MR) is 76.1 cm³/mol. The van der Waals surface area contributed by atoms with Crippen molar-refractivity contribution in [3.8, 4) is 5.75 Å². The number of phenolic OH excluding ortho intramolecular Hbond substituents is 1. The average Bonchev–Trinajstić information content (AvgIpc) is 2.42. The van der Waals surface area contributed by atoms with E-state index < -0.39 is 0 Å². The molecule has 0 aliphatic rings. The quantitative estimate of drug-likeness (QED) is 0.672. The Bertz CT molecular complexity index is 603. The van der Waals surface area contributed by atoms with E-state index in [9.17, 15) is 9.90 Å². The topological polar surface area (TPSA) is 49.7 Å². The summed E-state index contributed by atoms with van der Waals surface area (Å²) in [5.41, 5.74) is 2.24. The van der Waals surface area contributed by atoms with E-state index >= 15 is 0 Å². The maximum absolute atomic E-state index is 11.8. The normalized spacial score (nSPS) is 10.8. The number of carbonyl (C=O) groups is 1. The molecule has 0 aliphatic heterocycles. The largest absolute Gasteiger partial charge is 0.507 e. The van der Waals surface area contributed by atoms with Crippen LogP contribution in [-0.4, -0.2) is 23.6 Å². The van der Waals surface area contributed by atoms with E-state index in [-0.39, 0.29) is 18.1 Å². The van der Waals surface area contributed by atoms with Gasteiger partial charge in [-0.3, -0.25) is 9.79 Å². The van der Waals surface area contributed by atoms with Crippen molar-refractivity contribution in [1.82, 2.24) is 0 Å². The van der Waals surface area contributed by atoms with E-state index in [4.69, 9.17) is 0 Å². The Balaban J connectivity index is 2.02. The summed E-state index contributed by atoms with van der Waals surface area (Å²) in [7, 11) is 0. The van der Waals surface area contributed by atoms with Crippen LogP contribution in [0.25, 0.3) is 0 Å². The van der Waals surface area contributed by atoms with Gasteiger partial charge in [0, 0.05) is 17.3 Å². The average molecular weight is 253 g/mol. The number of hydrogen-bond acceptors (Lipinski definition) is 3. The Hall–Kier alpha value is -2.42. The third kappa shape index (κ3) is 3.52. The summed E-state index contributed by atoms with van der Waals surface area (Å²) in [6, 6.07) is 14.4. The molecule has 0 saturated heterocycles. The van der Waals surface area contributed by atoms with Gasteiger partial charge in [0.05, 0.1) is 0 Å². The first-order chi connectivity index (χ1) is 9.16. The highest BCUT2D eigenvalue weighted by Gasteiger charge is 2.03. The number of Topliss-reactive ketones (excluding diaryl/α,β-unsaturated/α-hetero) is 1. The first-order valence-electron chi connectivity index (χ1n) is 6.04. The maximum atomic E-state index is 11.8. The standard InChI is InChI=1S/C16H15NO2/c1-12-7-8-14(15(18)9-12)10-17-11-16(19)13-5-3-2-4-6-13/h2-10,18H,11H2,1H3. The molecule has 2 aromatic rings. The molecule has 1 N–H and O–H groups in total. The number of hydrogen-bond donors (Lipinski definition) is 1. The van der Waals surface area contributed by atoms with Crippen LogP contribution in [0.2, 0.25) is 0 Å². The summed E-state index contributed by atoms with van der Waals surface area (Å²) < 4.78 is 0. The molecular formula is C16H15NO2. The van der Waals surface area contributed by atoms with Gasteiger partial charge in [-0.1, -0.05) is 36.4 Å².